The first kappa shape index (κ1) is 26.0. The maximum absolute atomic E-state index is 14.6. The molecule has 0 radical (unpaired) electrons. The van der Waals surface area contributed by atoms with Gasteiger partial charge in [0, 0.05) is 23.1 Å². The number of rotatable bonds is 10. The zero-order valence-electron chi connectivity index (χ0n) is 20.9. The fourth-order valence-corrected chi connectivity index (χ4v) is 3.41. The Labute approximate surface area is 212 Å². The number of halogens is 1. The zero-order chi connectivity index (χ0) is 26.5. The minimum absolute atomic E-state index is 0.142. The molecular formula is C26H28FN5O5. The fourth-order valence-electron chi connectivity index (χ4n) is 3.41. The van der Waals surface area contributed by atoms with Crippen molar-refractivity contribution in [2.24, 2.45) is 0 Å². The second-order valence-electron chi connectivity index (χ2n) is 8.86. The van der Waals surface area contributed by atoms with E-state index in [2.05, 4.69) is 25.6 Å². The highest BCUT2D eigenvalue weighted by Crippen LogP contribution is 2.28. The molecule has 0 aliphatic rings. The van der Waals surface area contributed by atoms with Gasteiger partial charge in [0.05, 0.1) is 12.2 Å². The van der Waals surface area contributed by atoms with Gasteiger partial charge in [0.25, 0.3) is 11.8 Å². The molecule has 0 saturated heterocycles. The lowest BCUT2D eigenvalue weighted by Crippen LogP contribution is -2.35. The molecule has 0 saturated carbocycles. The lowest BCUT2D eigenvalue weighted by molar-refractivity contribution is 0.0918. The Kier molecular flexibility index (Phi) is 7.92. The van der Waals surface area contributed by atoms with Gasteiger partial charge in [-0.1, -0.05) is 37.2 Å². The summed E-state index contributed by atoms with van der Waals surface area (Å²) in [6, 6.07) is 10.8. The van der Waals surface area contributed by atoms with Gasteiger partial charge in [-0.2, -0.15) is 9.97 Å². The molecule has 10 nitrogen and oxygen atoms in total. The van der Waals surface area contributed by atoms with E-state index < -0.39 is 23.9 Å². The van der Waals surface area contributed by atoms with E-state index >= 15 is 0 Å². The molecule has 2 aromatic heterocycles. The van der Waals surface area contributed by atoms with Gasteiger partial charge in [0.15, 0.2) is 6.10 Å². The second-order valence-corrected chi connectivity index (χ2v) is 8.86. The van der Waals surface area contributed by atoms with Crippen LogP contribution < -0.4 is 10.1 Å². The van der Waals surface area contributed by atoms with Gasteiger partial charge in [-0.15, -0.1) is 0 Å². The van der Waals surface area contributed by atoms with E-state index in [0.29, 0.717) is 29.4 Å². The average Bonchev–Trinajstić information content (AvgIpc) is 3.58. The highest BCUT2D eigenvalue weighted by atomic mass is 19.1. The molecule has 4 aromatic rings. The molecule has 1 amide bonds. The van der Waals surface area contributed by atoms with Gasteiger partial charge in [0.2, 0.25) is 17.5 Å². The SMILES string of the molecule is CC[C@@H](Oc1ccc(-c2noc(C(C)C)n2)cc1)c1nc(-c2ccc(C(=O)NC(C)CO)c(F)c2)no1. The van der Waals surface area contributed by atoms with Crippen LogP contribution in [0.25, 0.3) is 22.8 Å². The van der Waals surface area contributed by atoms with Crippen LogP contribution in [0.3, 0.4) is 0 Å². The summed E-state index contributed by atoms with van der Waals surface area (Å²) in [5.41, 5.74) is 0.993. The van der Waals surface area contributed by atoms with Crippen LogP contribution in [-0.4, -0.2) is 43.9 Å². The first-order chi connectivity index (χ1) is 17.8. The van der Waals surface area contributed by atoms with Crippen LogP contribution in [-0.2, 0) is 0 Å². The lowest BCUT2D eigenvalue weighted by atomic mass is 10.1. The topological polar surface area (TPSA) is 136 Å². The fraction of sp³-hybridized carbons (Fsp3) is 0.346. The van der Waals surface area contributed by atoms with Crippen molar-refractivity contribution < 1.29 is 28.1 Å². The molecule has 11 heteroatoms. The van der Waals surface area contributed by atoms with E-state index in [9.17, 15) is 9.18 Å². The third-order valence-electron chi connectivity index (χ3n) is 5.54. The Bertz CT molecular complexity index is 1350. The monoisotopic (exact) mass is 509 g/mol. The van der Waals surface area contributed by atoms with E-state index in [4.69, 9.17) is 18.9 Å². The van der Waals surface area contributed by atoms with Crippen molar-refractivity contribution in [1.29, 1.82) is 0 Å². The maximum Gasteiger partial charge on any atom is 0.268 e. The number of carbonyl (C=O) groups is 1. The Morgan fingerprint density at radius 3 is 2.22 bits per heavy atom. The minimum Gasteiger partial charge on any atom is -0.481 e. The van der Waals surface area contributed by atoms with Gasteiger partial charge >= 0.3 is 0 Å². The normalized spacial score (nSPS) is 12.9. The van der Waals surface area contributed by atoms with Crippen LogP contribution in [0.4, 0.5) is 4.39 Å². The molecule has 2 heterocycles. The predicted octanol–water partition coefficient (Wildman–Crippen LogP) is 4.69. The van der Waals surface area contributed by atoms with Crippen LogP contribution in [0.5, 0.6) is 5.75 Å². The first-order valence-corrected chi connectivity index (χ1v) is 11.9. The summed E-state index contributed by atoms with van der Waals surface area (Å²) in [6.07, 6.45) is 0.0161. The van der Waals surface area contributed by atoms with Crippen molar-refractivity contribution in [1.82, 2.24) is 25.6 Å². The van der Waals surface area contributed by atoms with E-state index in [0.717, 1.165) is 11.6 Å². The molecule has 194 valence electrons. The smallest absolute Gasteiger partial charge is 0.268 e. The summed E-state index contributed by atoms with van der Waals surface area (Å²) in [5.74, 6) is 0.844. The number of carbonyl (C=O) groups excluding carboxylic acids is 1. The number of aromatic nitrogens is 4. The number of hydrogen-bond acceptors (Lipinski definition) is 9. The number of aliphatic hydroxyl groups is 1. The third kappa shape index (κ3) is 6.00. The summed E-state index contributed by atoms with van der Waals surface area (Å²) in [5, 5.41) is 19.5. The summed E-state index contributed by atoms with van der Waals surface area (Å²) >= 11 is 0. The van der Waals surface area contributed by atoms with Gasteiger partial charge in [0.1, 0.15) is 11.6 Å². The molecule has 2 aromatic carbocycles. The molecule has 1 unspecified atom stereocenters. The quantitative estimate of drug-likeness (QED) is 0.312. The van der Waals surface area contributed by atoms with Crippen LogP contribution in [0.15, 0.2) is 51.5 Å². The van der Waals surface area contributed by atoms with Crippen molar-refractivity contribution in [3.05, 3.63) is 65.6 Å². The summed E-state index contributed by atoms with van der Waals surface area (Å²) in [7, 11) is 0. The largest absolute Gasteiger partial charge is 0.481 e. The Hall–Kier alpha value is -4.12. The van der Waals surface area contributed by atoms with Crippen molar-refractivity contribution in [3.8, 4) is 28.5 Å². The van der Waals surface area contributed by atoms with Crippen molar-refractivity contribution in [2.75, 3.05) is 6.61 Å². The van der Waals surface area contributed by atoms with Crippen LogP contribution >= 0.6 is 0 Å². The zero-order valence-corrected chi connectivity index (χ0v) is 20.9. The molecule has 0 aliphatic carbocycles. The first-order valence-electron chi connectivity index (χ1n) is 11.9. The molecular weight excluding hydrogens is 481 g/mol. The summed E-state index contributed by atoms with van der Waals surface area (Å²) < 4.78 is 31.3. The molecule has 0 fully saturated rings. The van der Waals surface area contributed by atoms with Crippen molar-refractivity contribution >= 4 is 5.91 Å². The molecule has 0 spiro atoms. The molecule has 0 aliphatic heterocycles. The number of hydrogen-bond donors (Lipinski definition) is 2. The minimum atomic E-state index is -0.739. The van der Waals surface area contributed by atoms with E-state index in [-0.39, 0.29) is 29.8 Å². The number of ether oxygens (including phenoxy) is 1. The summed E-state index contributed by atoms with van der Waals surface area (Å²) in [6.45, 7) is 7.23. The standard InChI is InChI=1S/C26H28FN5O5/c1-5-21(35-18-9-6-16(7-10-18)22-29-25(14(2)3)36-31-22)26-30-23(32-37-26)17-8-11-19(20(27)12-17)24(34)28-15(4)13-33/h6-12,14-15,21,33H,5,13H2,1-4H3,(H,28,34)/t15?,21-/m1/s1. The average molecular weight is 510 g/mol. The molecule has 37 heavy (non-hydrogen) atoms. The molecule has 0 bridgehead atoms. The van der Waals surface area contributed by atoms with Crippen molar-refractivity contribution in [3.63, 3.8) is 0 Å². The Morgan fingerprint density at radius 2 is 1.62 bits per heavy atom. The second kappa shape index (κ2) is 11.3. The number of nitrogens with one attached hydrogen (secondary N) is 1. The Morgan fingerprint density at radius 1 is 1.00 bits per heavy atom. The van der Waals surface area contributed by atoms with Gasteiger partial charge in [-0.05, 0) is 49.7 Å². The maximum atomic E-state index is 14.6. The number of amides is 1. The van der Waals surface area contributed by atoms with Gasteiger partial charge in [-0.25, -0.2) is 4.39 Å². The van der Waals surface area contributed by atoms with E-state index in [1.54, 1.807) is 19.1 Å². The predicted molar refractivity (Wildman–Crippen MR) is 131 cm³/mol. The number of benzene rings is 2. The molecule has 2 N–H and O–H groups in total. The third-order valence-corrected chi connectivity index (χ3v) is 5.54. The van der Waals surface area contributed by atoms with Gasteiger partial charge < -0.3 is 24.2 Å². The number of aliphatic hydroxyl groups excluding tert-OH is 1. The Balaban J connectivity index is 1.45. The van der Waals surface area contributed by atoms with Crippen LogP contribution in [0.1, 0.15) is 68.3 Å². The van der Waals surface area contributed by atoms with Crippen LogP contribution in [0.2, 0.25) is 0 Å². The highest BCUT2D eigenvalue weighted by Gasteiger charge is 2.22. The highest BCUT2D eigenvalue weighted by molar-refractivity contribution is 5.95. The van der Waals surface area contributed by atoms with Crippen molar-refractivity contribution in [2.45, 2.75) is 52.2 Å². The van der Waals surface area contributed by atoms with Gasteiger partial charge in [-0.3, -0.25) is 4.79 Å². The lowest BCUT2D eigenvalue weighted by Gasteiger charge is -2.13. The van der Waals surface area contributed by atoms with Crippen LogP contribution in [0, 0.1) is 5.82 Å². The van der Waals surface area contributed by atoms with E-state index in [1.165, 1.54) is 12.1 Å². The number of nitrogens with zero attached hydrogens (tertiary/aromatic N) is 4. The molecule has 4 rings (SSSR count). The van der Waals surface area contributed by atoms with E-state index in [1.807, 2.05) is 32.9 Å². The summed E-state index contributed by atoms with van der Waals surface area (Å²) in [4.78, 5) is 20.9. The molecule has 2 atom stereocenters.